The first-order chi connectivity index (χ1) is 44.6. The third-order valence-corrected chi connectivity index (χ3v) is 16.2. The van der Waals surface area contributed by atoms with Crippen LogP contribution in [0.5, 0.6) is 0 Å². The number of aliphatic imine (C=N–C) groups is 2. The number of nitrogens with two attached hydrogens (primary N) is 7. The van der Waals surface area contributed by atoms with Gasteiger partial charge in [0.2, 0.25) is 70.9 Å². The summed E-state index contributed by atoms with van der Waals surface area (Å²) in [5, 5.41) is 65.4. The summed E-state index contributed by atoms with van der Waals surface area (Å²) >= 11 is 8.29. The molecule has 0 aromatic carbocycles. The number of hydrogen-bond donors (Lipinski definition) is 23. The standard InChI is InChI=1S/C56H102N20O17S2/c1-7-26(3)39(72-49(88)35(24-94)70-44(83)30(58)14-11-19-64-55(60)61)52(91)68-33(22-38(80)81)47(86)75-42(29(6)79)53(92)73-40(27(4)8-2)54(93)76-21-13-17-37(76)51(90)67-31(15-9-10-18-57)45(84)69-34(23-77)48(87)66-32(16-12-20-65-56(62)63)46(85)71-36(25-95)50(89)74-41(28(5)78)43(59)82/h26-37,39-42,77-79,94-95H,7-25,57-58H2,1-6H3,(H2,59,82)(H,66,87)(H,67,90)(H,68,91)(H,69,84)(H,70,83)(H,71,85)(H,72,88)(H,73,92)(H,74,89)(H,75,86)(H,80,81)(H4,60,61,64)(H4,62,63,65)/t26-,27+,28-,29-,30+,31+,32+,33+,34+,35+,36+,37+,39-,40+,41+,42-/m1/s1. The fourth-order valence-corrected chi connectivity index (χ4v) is 10.00. The highest BCUT2D eigenvalue weighted by atomic mass is 32.1. The molecule has 1 fully saturated rings. The zero-order valence-electron chi connectivity index (χ0n) is 54.5. The van der Waals surface area contributed by atoms with E-state index in [0.29, 0.717) is 12.8 Å². The number of carboxylic acids is 1. The molecule has 37 nitrogen and oxygen atoms in total. The zero-order chi connectivity index (χ0) is 72.4. The highest BCUT2D eigenvalue weighted by Gasteiger charge is 2.43. The molecule has 0 bridgehead atoms. The van der Waals surface area contributed by atoms with Gasteiger partial charge < -0.3 is 119 Å². The number of likely N-dealkylation sites (tertiary alicyclic amines) is 1. The Bertz CT molecular complexity index is 2660. The first-order valence-electron chi connectivity index (χ1n) is 31.2. The fourth-order valence-electron chi connectivity index (χ4n) is 9.48. The molecule has 0 aromatic rings. The molecule has 0 aromatic heterocycles. The average Bonchev–Trinajstić information content (AvgIpc) is 1.77. The number of aliphatic carboxylic acids is 1. The highest BCUT2D eigenvalue weighted by molar-refractivity contribution is 7.80. The Balaban J connectivity index is 3.46. The zero-order valence-corrected chi connectivity index (χ0v) is 56.3. The Morgan fingerprint density at radius 1 is 0.516 bits per heavy atom. The molecule has 95 heavy (non-hydrogen) atoms. The van der Waals surface area contributed by atoms with Gasteiger partial charge in [0, 0.05) is 31.1 Å². The van der Waals surface area contributed by atoms with Gasteiger partial charge in [0.25, 0.3) is 0 Å². The number of nitrogens with zero attached hydrogens (tertiary/aromatic N) is 3. The summed E-state index contributed by atoms with van der Waals surface area (Å²) in [6.07, 6.45) is -2.51. The van der Waals surface area contributed by atoms with Gasteiger partial charge in [0.1, 0.15) is 66.5 Å². The van der Waals surface area contributed by atoms with Crippen LogP contribution in [0.3, 0.4) is 0 Å². The minimum atomic E-state index is -1.94. The molecular weight excluding hydrogens is 1290 g/mol. The van der Waals surface area contributed by atoms with Gasteiger partial charge >= 0.3 is 5.97 Å². The summed E-state index contributed by atoms with van der Waals surface area (Å²) in [4.78, 5) is 185. The van der Waals surface area contributed by atoms with E-state index in [9.17, 15) is 82.8 Å². The lowest BCUT2D eigenvalue weighted by Gasteiger charge is -2.33. The van der Waals surface area contributed by atoms with Crippen LogP contribution in [-0.2, 0) is 62.3 Å². The van der Waals surface area contributed by atoms with Crippen LogP contribution < -0.4 is 93.3 Å². The average molecular weight is 1390 g/mol. The number of carbonyl (C=O) groups excluding carboxylic acids is 12. The van der Waals surface area contributed by atoms with E-state index >= 15 is 0 Å². The Labute approximate surface area is 562 Å². The van der Waals surface area contributed by atoms with Gasteiger partial charge in [-0.1, -0.05) is 40.5 Å². The van der Waals surface area contributed by atoms with Gasteiger partial charge in [-0.05, 0) is 90.0 Å². The molecule has 0 radical (unpaired) electrons. The number of primary amides is 1. The van der Waals surface area contributed by atoms with Crippen LogP contribution in [0.15, 0.2) is 9.98 Å². The maximum atomic E-state index is 14.7. The lowest BCUT2D eigenvalue weighted by molar-refractivity contribution is -0.144. The molecule has 0 saturated carbocycles. The van der Waals surface area contributed by atoms with Crippen molar-refractivity contribution in [2.24, 2.45) is 62.0 Å². The molecular formula is C56H102N20O17S2. The van der Waals surface area contributed by atoms with Crippen molar-refractivity contribution in [3.63, 3.8) is 0 Å². The number of hydrogen-bond acceptors (Lipinski definition) is 22. The molecule has 12 amide bonds. The number of carbonyl (C=O) groups is 13. The molecule has 1 heterocycles. The van der Waals surface area contributed by atoms with E-state index in [1.807, 2.05) is 0 Å². The van der Waals surface area contributed by atoms with E-state index in [0.717, 1.165) is 6.92 Å². The van der Waals surface area contributed by atoms with Crippen molar-refractivity contribution >= 4 is 114 Å². The Hall–Kier alpha value is -7.85. The molecule has 28 N–H and O–H groups in total. The minimum Gasteiger partial charge on any atom is -0.481 e. The Morgan fingerprint density at radius 2 is 0.926 bits per heavy atom. The monoisotopic (exact) mass is 1390 g/mol. The molecule has 0 unspecified atom stereocenters. The van der Waals surface area contributed by atoms with Gasteiger partial charge in [-0.3, -0.25) is 72.3 Å². The van der Waals surface area contributed by atoms with Crippen LogP contribution in [-0.4, -0.2) is 243 Å². The number of guanidine groups is 2. The van der Waals surface area contributed by atoms with Crippen LogP contribution in [0, 0.1) is 11.8 Å². The van der Waals surface area contributed by atoms with Crippen molar-refractivity contribution in [1.29, 1.82) is 0 Å². The Morgan fingerprint density at radius 3 is 1.41 bits per heavy atom. The molecule has 0 spiro atoms. The van der Waals surface area contributed by atoms with Gasteiger partial charge in [-0.2, -0.15) is 25.3 Å². The van der Waals surface area contributed by atoms with Gasteiger partial charge in [0.15, 0.2) is 11.9 Å². The largest absolute Gasteiger partial charge is 0.481 e. The quantitative estimate of drug-likeness (QED) is 0.0117. The van der Waals surface area contributed by atoms with E-state index in [4.69, 9.17) is 40.1 Å². The normalized spacial score (nSPS) is 17.5. The lowest BCUT2D eigenvalue weighted by Crippen LogP contribution is -2.63. The van der Waals surface area contributed by atoms with Crippen molar-refractivity contribution in [2.75, 3.05) is 44.3 Å². The molecule has 1 aliphatic rings. The lowest BCUT2D eigenvalue weighted by atomic mass is 9.96. The van der Waals surface area contributed by atoms with Crippen molar-refractivity contribution < 1.29 is 82.8 Å². The van der Waals surface area contributed by atoms with Crippen molar-refractivity contribution in [2.45, 2.75) is 203 Å². The number of aliphatic hydroxyl groups excluding tert-OH is 3. The fraction of sp³-hybridized carbons (Fsp3) is 0.732. The minimum absolute atomic E-state index is 0.0272. The van der Waals surface area contributed by atoms with E-state index in [1.54, 1.807) is 27.7 Å². The topological polar surface area (TPSA) is 633 Å². The van der Waals surface area contributed by atoms with Crippen LogP contribution >= 0.6 is 25.3 Å². The van der Waals surface area contributed by atoms with E-state index in [2.05, 4.69) is 88.4 Å². The predicted molar refractivity (Wildman–Crippen MR) is 353 cm³/mol. The summed E-state index contributed by atoms with van der Waals surface area (Å²) in [6.45, 7) is 8.12. The van der Waals surface area contributed by atoms with Crippen molar-refractivity contribution in [3.8, 4) is 0 Å². The van der Waals surface area contributed by atoms with E-state index in [1.165, 1.54) is 11.8 Å². The molecule has 39 heteroatoms. The SMILES string of the molecule is CC[C@@H](C)[C@@H](NC(=O)[C@H](CS)NC(=O)[C@@H](N)CCCN=C(N)N)C(=O)N[C@@H](CC(=O)O)C(=O)N[C@@H](C(=O)N[C@H](C(=O)N1CCC[C@H]1C(=O)N[C@@H](CCCCN)C(=O)N[C@@H](CO)C(=O)N[C@@H](CCCN=C(N)N)C(=O)N[C@@H](CS)C(=O)N[C@H](C(N)=O)[C@@H](C)O)[C@@H](C)CC)[C@@H](C)O. The second kappa shape index (κ2) is 44.0. The molecule has 540 valence electrons. The van der Waals surface area contributed by atoms with E-state index < -0.39 is 186 Å². The number of carboxylic acid groups (broad SMARTS) is 1. The molecule has 1 rings (SSSR count). The van der Waals surface area contributed by atoms with Crippen molar-refractivity contribution in [3.05, 3.63) is 0 Å². The van der Waals surface area contributed by atoms with E-state index in [-0.39, 0.29) is 107 Å². The summed E-state index contributed by atoms with van der Waals surface area (Å²) in [5.41, 5.74) is 38.6. The number of thiol groups is 2. The highest BCUT2D eigenvalue weighted by Crippen LogP contribution is 2.23. The van der Waals surface area contributed by atoms with Crippen LogP contribution in [0.25, 0.3) is 0 Å². The summed E-state index contributed by atoms with van der Waals surface area (Å²) < 4.78 is 0. The number of aliphatic hydroxyl groups is 3. The summed E-state index contributed by atoms with van der Waals surface area (Å²) in [5.74, 6) is -15.7. The summed E-state index contributed by atoms with van der Waals surface area (Å²) in [7, 11) is 0. The van der Waals surface area contributed by atoms with Crippen LogP contribution in [0.1, 0.15) is 119 Å². The van der Waals surface area contributed by atoms with Crippen LogP contribution in [0.2, 0.25) is 0 Å². The third kappa shape index (κ3) is 29.8. The third-order valence-electron chi connectivity index (χ3n) is 15.5. The van der Waals surface area contributed by atoms with Crippen molar-refractivity contribution in [1.82, 2.24) is 58.1 Å². The summed E-state index contributed by atoms with van der Waals surface area (Å²) in [6, 6.07) is -18.1. The number of nitrogens with one attached hydrogen (secondary N) is 10. The Kier molecular flexibility index (Phi) is 39.4. The second-order valence-electron chi connectivity index (χ2n) is 23.1. The maximum absolute atomic E-state index is 14.7. The number of unbranched alkanes of at least 4 members (excludes halogenated alkanes) is 1. The smallest absolute Gasteiger partial charge is 0.305 e. The van der Waals surface area contributed by atoms with Gasteiger partial charge in [-0.15, -0.1) is 0 Å². The molecule has 1 aliphatic heterocycles. The first-order valence-corrected chi connectivity index (χ1v) is 32.5. The second-order valence-corrected chi connectivity index (χ2v) is 23.8. The first kappa shape index (κ1) is 85.2. The molecule has 1 saturated heterocycles. The molecule has 0 aliphatic carbocycles. The maximum Gasteiger partial charge on any atom is 0.305 e. The number of amides is 12. The predicted octanol–water partition coefficient (Wildman–Crippen LogP) is -8.95. The van der Waals surface area contributed by atoms with Gasteiger partial charge in [0.05, 0.1) is 31.3 Å². The van der Waals surface area contributed by atoms with Crippen LogP contribution in [0.4, 0.5) is 0 Å². The number of rotatable bonds is 45. The van der Waals surface area contributed by atoms with Gasteiger partial charge in [-0.25, -0.2) is 0 Å². The molecule has 16 atom stereocenters.